The average Bonchev–Trinajstić information content (AvgIpc) is 3.22. The number of nitrogens with one attached hydrogen (secondary N) is 2. The molecular weight excluding hydrogens is 395 g/mol. The van der Waals surface area contributed by atoms with E-state index in [1.807, 2.05) is 0 Å². The second-order valence-corrected chi connectivity index (χ2v) is 8.03. The lowest BCUT2D eigenvalue weighted by molar-refractivity contribution is -0.111. The topological polar surface area (TPSA) is 88.4 Å². The number of carbonyl (C=O) groups is 1. The van der Waals surface area contributed by atoms with Crippen LogP contribution in [0.3, 0.4) is 0 Å². The Labute approximate surface area is 168 Å². The van der Waals surface area contributed by atoms with Crippen molar-refractivity contribution in [3.8, 4) is 0 Å². The Kier molecular flexibility index (Phi) is 6.26. The van der Waals surface area contributed by atoms with E-state index in [9.17, 15) is 17.6 Å². The molecule has 0 aliphatic rings. The molecule has 2 N–H and O–H groups in total. The summed E-state index contributed by atoms with van der Waals surface area (Å²) in [6, 6.07) is 13.8. The Morgan fingerprint density at radius 3 is 2.55 bits per heavy atom. The van der Waals surface area contributed by atoms with Gasteiger partial charge in [-0.25, -0.2) is 17.5 Å². The fourth-order valence-electron chi connectivity index (χ4n) is 2.45. The largest absolute Gasteiger partial charge is 0.468 e. The molecule has 0 aliphatic heterocycles. The third-order valence-electron chi connectivity index (χ3n) is 4.07. The molecule has 29 heavy (non-hydrogen) atoms. The maximum atomic E-state index is 13.5. The number of rotatable bonds is 7. The summed E-state index contributed by atoms with van der Waals surface area (Å²) in [5.41, 5.74) is 1.49. The van der Waals surface area contributed by atoms with Gasteiger partial charge >= 0.3 is 0 Å². The van der Waals surface area contributed by atoms with Crippen LogP contribution in [0, 0.1) is 12.7 Å². The minimum atomic E-state index is -3.68. The summed E-state index contributed by atoms with van der Waals surface area (Å²) in [5, 5.41) is 2.57. The second-order valence-electron chi connectivity index (χ2n) is 6.26. The molecule has 2 aromatic carbocycles. The highest BCUT2D eigenvalue weighted by Gasteiger charge is 2.14. The number of sulfonamides is 1. The molecule has 0 unspecified atom stereocenters. The number of halogens is 1. The van der Waals surface area contributed by atoms with Crippen LogP contribution in [0.4, 0.5) is 10.1 Å². The quantitative estimate of drug-likeness (QED) is 0.575. The summed E-state index contributed by atoms with van der Waals surface area (Å²) < 4.78 is 45.7. The van der Waals surface area contributed by atoms with Crippen molar-refractivity contribution in [3.63, 3.8) is 0 Å². The second kappa shape index (κ2) is 8.85. The van der Waals surface area contributed by atoms with Crippen LogP contribution in [0.25, 0.3) is 6.08 Å². The summed E-state index contributed by atoms with van der Waals surface area (Å²) in [6.45, 7) is 1.69. The molecule has 1 amide bonds. The van der Waals surface area contributed by atoms with Gasteiger partial charge in [-0.1, -0.05) is 18.2 Å². The van der Waals surface area contributed by atoms with Crippen LogP contribution < -0.4 is 10.0 Å². The van der Waals surface area contributed by atoms with E-state index in [-0.39, 0.29) is 11.4 Å². The van der Waals surface area contributed by atoms with Crippen LogP contribution in [-0.2, 0) is 21.4 Å². The predicted octanol–water partition coefficient (Wildman–Crippen LogP) is 3.86. The zero-order chi connectivity index (χ0) is 20.9. The first kappa shape index (κ1) is 20.5. The van der Waals surface area contributed by atoms with Crippen LogP contribution in [0.5, 0.6) is 0 Å². The van der Waals surface area contributed by atoms with Gasteiger partial charge in [-0.05, 0) is 60.5 Å². The average molecular weight is 414 g/mol. The van der Waals surface area contributed by atoms with Crippen molar-refractivity contribution < 1.29 is 22.0 Å². The number of hydrogen-bond acceptors (Lipinski definition) is 4. The summed E-state index contributed by atoms with van der Waals surface area (Å²) in [4.78, 5) is 12.1. The van der Waals surface area contributed by atoms with Gasteiger partial charge in [0.1, 0.15) is 11.6 Å². The van der Waals surface area contributed by atoms with Crippen LogP contribution in [0.2, 0.25) is 0 Å². The van der Waals surface area contributed by atoms with Gasteiger partial charge in [0, 0.05) is 11.8 Å². The fraction of sp³-hybridized carbons (Fsp3) is 0.0952. The predicted molar refractivity (Wildman–Crippen MR) is 108 cm³/mol. The first-order valence-electron chi connectivity index (χ1n) is 8.71. The minimum Gasteiger partial charge on any atom is -0.468 e. The van der Waals surface area contributed by atoms with Crippen molar-refractivity contribution in [2.24, 2.45) is 0 Å². The highest BCUT2D eigenvalue weighted by atomic mass is 32.2. The van der Waals surface area contributed by atoms with Crippen molar-refractivity contribution in [1.82, 2.24) is 4.72 Å². The number of amides is 1. The lowest BCUT2D eigenvalue weighted by Crippen LogP contribution is -2.22. The van der Waals surface area contributed by atoms with E-state index in [2.05, 4.69) is 10.0 Å². The van der Waals surface area contributed by atoms with E-state index >= 15 is 0 Å². The molecule has 1 aromatic heterocycles. The van der Waals surface area contributed by atoms with Crippen LogP contribution in [-0.4, -0.2) is 14.3 Å². The number of carbonyl (C=O) groups excluding carboxylic acids is 1. The summed E-state index contributed by atoms with van der Waals surface area (Å²) in [6.07, 6.45) is 4.29. The molecule has 8 heteroatoms. The molecule has 0 spiro atoms. The molecule has 1 heterocycles. The number of benzene rings is 2. The van der Waals surface area contributed by atoms with Gasteiger partial charge in [0.25, 0.3) is 0 Å². The maximum absolute atomic E-state index is 13.5. The molecule has 0 bridgehead atoms. The van der Waals surface area contributed by atoms with Crippen LogP contribution >= 0.6 is 0 Å². The Hall–Kier alpha value is -3.23. The number of hydrogen-bond donors (Lipinski definition) is 2. The fourth-order valence-corrected chi connectivity index (χ4v) is 3.44. The van der Waals surface area contributed by atoms with Gasteiger partial charge < -0.3 is 9.73 Å². The molecule has 0 radical (unpaired) electrons. The Bertz CT molecular complexity index is 1120. The minimum absolute atomic E-state index is 0.0523. The van der Waals surface area contributed by atoms with Gasteiger partial charge in [0.2, 0.25) is 15.9 Å². The molecule has 3 aromatic rings. The lowest BCUT2D eigenvalue weighted by atomic mass is 10.2. The van der Waals surface area contributed by atoms with Gasteiger partial charge in [-0.15, -0.1) is 0 Å². The van der Waals surface area contributed by atoms with Crippen molar-refractivity contribution in [1.29, 1.82) is 0 Å². The zero-order valence-corrected chi connectivity index (χ0v) is 16.4. The SMILES string of the molecule is Cc1ccc(NC(=O)/C=C/c2ccc(S(=O)(=O)NCc3ccco3)cc2)cc1F. The van der Waals surface area contributed by atoms with Crippen molar-refractivity contribution in [3.05, 3.63) is 89.6 Å². The summed E-state index contributed by atoms with van der Waals surface area (Å²) in [5.74, 6) is -0.318. The Morgan fingerprint density at radius 1 is 1.14 bits per heavy atom. The van der Waals surface area contributed by atoms with E-state index in [1.54, 1.807) is 43.3 Å². The van der Waals surface area contributed by atoms with E-state index in [4.69, 9.17) is 4.42 Å². The maximum Gasteiger partial charge on any atom is 0.248 e. The summed E-state index contributed by atoms with van der Waals surface area (Å²) >= 11 is 0. The molecule has 6 nitrogen and oxygen atoms in total. The zero-order valence-electron chi connectivity index (χ0n) is 15.6. The van der Waals surface area contributed by atoms with Crippen LogP contribution in [0.1, 0.15) is 16.9 Å². The van der Waals surface area contributed by atoms with E-state index in [1.165, 1.54) is 36.6 Å². The van der Waals surface area contributed by atoms with E-state index in [0.29, 0.717) is 22.6 Å². The third kappa shape index (κ3) is 5.63. The molecule has 0 atom stereocenters. The molecule has 0 aliphatic carbocycles. The van der Waals surface area contributed by atoms with E-state index in [0.717, 1.165) is 0 Å². The van der Waals surface area contributed by atoms with Gasteiger partial charge in [-0.3, -0.25) is 4.79 Å². The molecule has 0 fully saturated rings. The first-order chi connectivity index (χ1) is 13.8. The Balaban J connectivity index is 1.60. The number of aryl methyl sites for hydroxylation is 1. The molecule has 0 saturated heterocycles. The standard InChI is InChI=1S/C21H19FN2O4S/c1-15-4-8-17(13-20(15)22)24-21(25)11-7-16-5-9-19(10-6-16)29(26,27)23-14-18-3-2-12-28-18/h2-13,23H,14H2,1H3,(H,24,25)/b11-7+. The molecular formula is C21H19FN2O4S. The Morgan fingerprint density at radius 2 is 1.90 bits per heavy atom. The monoisotopic (exact) mass is 414 g/mol. The normalized spacial score (nSPS) is 11.7. The van der Waals surface area contributed by atoms with E-state index < -0.39 is 21.7 Å². The molecule has 150 valence electrons. The van der Waals surface area contributed by atoms with Crippen molar-refractivity contribution in [2.75, 3.05) is 5.32 Å². The number of furan rings is 1. The van der Waals surface area contributed by atoms with Crippen molar-refractivity contribution in [2.45, 2.75) is 18.4 Å². The summed E-state index contributed by atoms with van der Waals surface area (Å²) in [7, 11) is -3.68. The van der Waals surface area contributed by atoms with Gasteiger partial charge in [-0.2, -0.15) is 0 Å². The van der Waals surface area contributed by atoms with Gasteiger partial charge in [0.05, 0.1) is 17.7 Å². The first-order valence-corrected chi connectivity index (χ1v) is 10.2. The van der Waals surface area contributed by atoms with Gasteiger partial charge in [0.15, 0.2) is 0 Å². The number of anilines is 1. The highest BCUT2D eigenvalue weighted by molar-refractivity contribution is 7.89. The van der Waals surface area contributed by atoms with Crippen LogP contribution in [0.15, 0.2) is 76.2 Å². The van der Waals surface area contributed by atoms with Crippen molar-refractivity contribution >= 4 is 27.7 Å². The molecule has 0 saturated carbocycles. The third-order valence-corrected chi connectivity index (χ3v) is 5.49. The smallest absolute Gasteiger partial charge is 0.248 e. The highest BCUT2D eigenvalue weighted by Crippen LogP contribution is 2.15. The lowest BCUT2D eigenvalue weighted by Gasteiger charge is -2.06. The molecule has 3 rings (SSSR count).